The highest BCUT2D eigenvalue weighted by Crippen LogP contribution is 2.42. The van der Waals surface area contributed by atoms with Crippen LogP contribution in [-0.4, -0.2) is 54.4 Å². The molecule has 1 fully saturated rings. The number of rotatable bonds is 13. The molecule has 0 heterocycles. The summed E-state index contributed by atoms with van der Waals surface area (Å²) in [6.07, 6.45) is 5.61. The molecule has 2 aromatic carbocycles. The van der Waals surface area contributed by atoms with Gasteiger partial charge in [0, 0.05) is 47.2 Å². The Bertz CT molecular complexity index is 1390. The summed E-state index contributed by atoms with van der Waals surface area (Å²) in [7, 11) is -3.10. The molecule has 13 heteroatoms. The molecule has 222 valence electrons. The molecule has 0 aromatic heterocycles. The number of amides is 2. The van der Waals surface area contributed by atoms with Crippen molar-refractivity contribution in [3.63, 3.8) is 0 Å². The molecule has 0 aliphatic heterocycles. The fourth-order valence-corrected chi connectivity index (χ4v) is 5.89. The number of carbonyl (C=O) groups excluding carboxylic acids is 3. The topological polar surface area (TPSA) is 182 Å². The first-order chi connectivity index (χ1) is 19.3. The van der Waals surface area contributed by atoms with Crippen LogP contribution in [0, 0.1) is 22.5 Å². The second-order valence-corrected chi connectivity index (χ2v) is 12.9. The van der Waals surface area contributed by atoms with Crippen LogP contribution in [0.15, 0.2) is 42.5 Å². The zero-order chi connectivity index (χ0) is 30.2. The number of aryl methyl sites for hydroxylation is 1. The second-order valence-electron chi connectivity index (χ2n) is 10.6. The van der Waals surface area contributed by atoms with Crippen LogP contribution in [0.4, 0.5) is 11.4 Å². The van der Waals surface area contributed by atoms with Gasteiger partial charge < -0.3 is 10.6 Å². The van der Waals surface area contributed by atoms with E-state index in [0.29, 0.717) is 48.9 Å². The van der Waals surface area contributed by atoms with Crippen molar-refractivity contribution >= 4 is 39.0 Å². The Kier molecular flexibility index (Phi) is 10.6. The van der Waals surface area contributed by atoms with E-state index in [1.54, 1.807) is 31.2 Å². The van der Waals surface area contributed by atoms with Crippen LogP contribution in [0.5, 0.6) is 0 Å². The fourth-order valence-electron chi connectivity index (χ4n) is 5.16. The molecule has 2 amide bonds. The summed E-state index contributed by atoms with van der Waals surface area (Å²) in [5.74, 6) is -1.83. The van der Waals surface area contributed by atoms with Crippen molar-refractivity contribution in [2.24, 2.45) is 5.41 Å². The first-order valence-corrected chi connectivity index (χ1v) is 15.4. The van der Waals surface area contributed by atoms with Gasteiger partial charge in [0.15, 0.2) is 0 Å². The number of anilines is 1. The number of nitro groups is 1. The van der Waals surface area contributed by atoms with Crippen LogP contribution in [0.3, 0.4) is 0 Å². The fraction of sp³-hybridized carbons (Fsp3) is 0.464. The smallest absolute Gasteiger partial charge is 0.342 e. The van der Waals surface area contributed by atoms with Gasteiger partial charge in [0.1, 0.15) is 15.9 Å². The van der Waals surface area contributed by atoms with Gasteiger partial charge in [-0.15, -0.1) is 0 Å². The largest absolute Gasteiger partial charge is 0.364 e. The minimum atomic E-state index is -3.10. The van der Waals surface area contributed by atoms with Gasteiger partial charge in [-0.2, -0.15) is 5.26 Å². The normalized spacial score (nSPS) is 15.1. The summed E-state index contributed by atoms with van der Waals surface area (Å²) in [4.78, 5) is 52.9. The van der Waals surface area contributed by atoms with Crippen molar-refractivity contribution < 1.29 is 37.9 Å². The number of hydrogen-bond donors (Lipinski definition) is 3. The highest BCUT2D eigenvalue weighted by atomic mass is 32.2. The Hall–Kier alpha value is -3.84. The summed E-state index contributed by atoms with van der Waals surface area (Å²) in [6.45, 7) is 1.67. The van der Waals surface area contributed by atoms with Gasteiger partial charge in [-0.1, -0.05) is 37.5 Å². The summed E-state index contributed by atoms with van der Waals surface area (Å²) in [5, 5.41) is 25.5. The van der Waals surface area contributed by atoms with Crippen LogP contribution in [0.1, 0.15) is 66.4 Å². The van der Waals surface area contributed by atoms with E-state index >= 15 is 0 Å². The summed E-state index contributed by atoms with van der Waals surface area (Å²) >= 11 is 0. The van der Waals surface area contributed by atoms with Crippen molar-refractivity contribution in [1.82, 2.24) is 5.32 Å². The minimum Gasteiger partial charge on any atom is -0.342 e. The van der Waals surface area contributed by atoms with E-state index in [4.69, 9.17) is 5.26 Å². The van der Waals surface area contributed by atoms with Gasteiger partial charge in [0.25, 0.3) is 11.6 Å². The van der Waals surface area contributed by atoms with E-state index < -0.39 is 38.1 Å². The zero-order valence-electron chi connectivity index (χ0n) is 23.1. The van der Waals surface area contributed by atoms with Crippen molar-refractivity contribution in [1.29, 1.82) is 0 Å². The SMILES string of the molecule is Cc1ccc([N+](=O)[O-])cc1C(=O)Nc1ccc(CC(NC(=O)C2(CCCCS(C)(=O)=O)CCCC2)C(=O)OO)cc1. The second kappa shape index (κ2) is 13.7. The van der Waals surface area contributed by atoms with E-state index in [-0.39, 0.29) is 29.3 Å². The molecule has 0 saturated heterocycles. The first kappa shape index (κ1) is 31.7. The number of non-ortho nitro benzene ring substituents is 1. The molecule has 1 aliphatic rings. The third-order valence-corrected chi connectivity index (χ3v) is 8.50. The Balaban J connectivity index is 1.67. The maximum Gasteiger partial charge on any atom is 0.364 e. The summed E-state index contributed by atoms with van der Waals surface area (Å²) in [6, 6.07) is 9.29. The van der Waals surface area contributed by atoms with Crippen LogP contribution >= 0.6 is 0 Å². The highest BCUT2D eigenvalue weighted by Gasteiger charge is 2.42. The molecule has 0 bridgehead atoms. The molecule has 2 aromatic rings. The predicted octanol–water partition coefficient (Wildman–Crippen LogP) is 3.97. The maximum absolute atomic E-state index is 13.4. The minimum absolute atomic E-state index is 0.00745. The van der Waals surface area contributed by atoms with Crippen LogP contribution in [0.2, 0.25) is 0 Å². The Morgan fingerprint density at radius 3 is 2.34 bits per heavy atom. The van der Waals surface area contributed by atoms with E-state index in [2.05, 4.69) is 15.5 Å². The van der Waals surface area contributed by atoms with Crippen LogP contribution < -0.4 is 10.6 Å². The van der Waals surface area contributed by atoms with Gasteiger partial charge in [-0.3, -0.25) is 24.6 Å². The van der Waals surface area contributed by atoms with Crippen molar-refractivity contribution in [3.8, 4) is 0 Å². The lowest BCUT2D eigenvalue weighted by atomic mass is 9.80. The van der Waals surface area contributed by atoms with Crippen molar-refractivity contribution in [2.45, 2.75) is 64.3 Å². The van der Waals surface area contributed by atoms with Crippen LogP contribution in [-0.2, 0) is 30.7 Å². The van der Waals surface area contributed by atoms with Gasteiger partial charge >= 0.3 is 5.97 Å². The zero-order valence-corrected chi connectivity index (χ0v) is 23.9. The van der Waals surface area contributed by atoms with E-state index in [0.717, 1.165) is 12.8 Å². The number of nitro benzene ring substituents is 1. The number of nitrogens with zero attached hydrogens (tertiary/aromatic N) is 1. The van der Waals surface area contributed by atoms with E-state index in [9.17, 15) is 32.9 Å². The Morgan fingerprint density at radius 1 is 1.10 bits per heavy atom. The van der Waals surface area contributed by atoms with Crippen molar-refractivity contribution in [2.75, 3.05) is 17.3 Å². The lowest BCUT2D eigenvalue weighted by Gasteiger charge is -2.29. The lowest BCUT2D eigenvalue weighted by molar-refractivity contribution is -0.384. The molecule has 1 aliphatic carbocycles. The average Bonchev–Trinajstić information content (AvgIpc) is 3.41. The van der Waals surface area contributed by atoms with Gasteiger partial charge in [-0.25, -0.2) is 13.2 Å². The molecule has 1 atom stereocenters. The van der Waals surface area contributed by atoms with E-state index in [1.807, 2.05) is 0 Å². The van der Waals surface area contributed by atoms with Gasteiger partial charge in [-0.05, 0) is 55.9 Å². The molecule has 1 saturated carbocycles. The monoisotopic (exact) mass is 589 g/mol. The molecule has 41 heavy (non-hydrogen) atoms. The quantitative estimate of drug-likeness (QED) is 0.135. The molecular formula is C28H35N3O9S. The van der Waals surface area contributed by atoms with Crippen molar-refractivity contribution in [3.05, 3.63) is 69.3 Å². The predicted molar refractivity (Wildman–Crippen MR) is 151 cm³/mol. The Morgan fingerprint density at radius 2 is 1.76 bits per heavy atom. The Labute approximate surface area is 238 Å². The molecule has 1 unspecified atom stereocenters. The summed E-state index contributed by atoms with van der Waals surface area (Å²) < 4.78 is 22.9. The molecule has 0 radical (unpaired) electrons. The summed E-state index contributed by atoms with van der Waals surface area (Å²) in [5.41, 5.74) is 0.834. The number of hydrogen-bond acceptors (Lipinski definition) is 9. The number of carbonyl (C=O) groups is 3. The molecule has 0 spiro atoms. The lowest BCUT2D eigenvalue weighted by Crippen LogP contribution is -2.49. The maximum atomic E-state index is 13.4. The third-order valence-electron chi connectivity index (χ3n) is 7.47. The number of unbranched alkanes of at least 4 members (excludes halogenated alkanes) is 1. The van der Waals surface area contributed by atoms with Gasteiger partial charge in [0.05, 0.1) is 4.92 Å². The number of sulfone groups is 1. The molecule has 3 N–H and O–H groups in total. The molecule has 3 rings (SSSR count). The number of benzene rings is 2. The number of nitrogens with one attached hydrogen (secondary N) is 2. The average molecular weight is 590 g/mol. The standard InChI is InChI=1S/C28H35N3O9S/c1-19-7-12-22(31(35)36)18-23(19)25(32)29-21-10-8-20(9-11-21)17-24(26(33)40-37)30-27(34)28(13-3-4-14-28)15-5-6-16-41(2,38)39/h7-12,18,24,37H,3-6,13-17H2,1-2H3,(H,29,32)(H,30,34). The molecular weight excluding hydrogens is 554 g/mol. The van der Waals surface area contributed by atoms with Crippen LogP contribution in [0.25, 0.3) is 0 Å². The first-order valence-electron chi connectivity index (χ1n) is 13.3. The van der Waals surface area contributed by atoms with Gasteiger partial charge in [0.2, 0.25) is 5.91 Å². The highest BCUT2D eigenvalue weighted by molar-refractivity contribution is 7.90. The molecule has 12 nitrogen and oxygen atoms in total. The van der Waals surface area contributed by atoms with E-state index in [1.165, 1.54) is 24.5 Å². The third kappa shape index (κ3) is 8.82.